The number of nitrogens with zero attached hydrogens (tertiary/aromatic N) is 3. The molecule has 1 saturated heterocycles. The van der Waals surface area contributed by atoms with Crippen LogP contribution in [0.25, 0.3) is 11.3 Å². The van der Waals surface area contributed by atoms with E-state index in [0.29, 0.717) is 37.3 Å². The Balaban J connectivity index is 1.36. The topological polar surface area (TPSA) is 110 Å². The van der Waals surface area contributed by atoms with E-state index in [1.807, 2.05) is 36.4 Å². The summed E-state index contributed by atoms with van der Waals surface area (Å²) in [6.07, 6.45) is 4.61. The third-order valence-electron chi connectivity index (χ3n) is 5.63. The van der Waals surface area contributed by atoms with Crippen molar-refractivity contribution in [1.29, 1.82) is 0 Å². The highest BCUT2D eigenvalue weighted by molar-refractivity contribution is 5.94. The van der Waals surface area contributed by atoms with Crippen molar-refractivity contribution in [1.82, 2.24) is 14.9 Å². The van der Waals surface area contributed by atoms with Crippen LogP contribution in [0, 0.1) is 5.92 Å². The van der Waals surface area contributed by atoms with E-state index in [-0.39, 0.29) is 17.7 Å². The smallest absolute Gasteiger partial charge is 0.253 e. The molecule has 2 amide bonds. The van der Waals surface area contributed by atoms with Crippen LogP contribution >= 0.6 is 0 Å². The zero-order valence-corrected chi connectivity index (χ0v) is 17.8. The van der Waals surface area contributed by atoms with Crippen molar-refractivity contribution in [2.75, 3.05) is 25.5 Å². The Morgan fingerprint density at radius 1 is 1.00 bits per heavy atom. The van der Waals surface area contributed by atoms with Crippen LogP contribution in [0.3, 0.4) is 0 Å². The molecule has 4 rings (SSSR count). The number of carbonyl (C=O) groups excluding carboxylic acids is 2. The molecule has 0 bridgehead atoms. The van der Waals surface area contributed by atoms with Gasteiger partial charge in [0.25, 0.3) is 5.91 Å². The fraction of sp³-hybridized carbons (Fsp3) is 0.250. The SMILES string of the molecule is COc1ccc(-c2cnc(Nc3ccc(C(=O)N4CCC(C(N)=O)CC4)cc3)cn2)cc1. The van der Waals surface area contributed by atoms with Crippen LogP contribution in [0.2, 0.25) is 0 Å². The number of primary amides is 1. The van der Waals surface area contributed by atoms with E-state index in [2.05, 4.69) is 15.3 Å². The first-order valence-electron chi connectivity index (χ1n) is 10.5. The monoisotopic (exact) mass is 431 g/mol. The summed E-state index contributed by atoms with van der Waals surface area (Å²) in [5.74, 6) is 0.936. The molecule has 0 spiro atoms. The summed E-state index contributed by atoms with van der Waals surface area (Å²) < 4.78 is 5.17. The van der Waals surface area contributed by atoms with Crippen molar-refractivity contribution in [2.24, 2.45) is 11.7 Å². The molecule has 0 atom stereocenters. The van der Waals surface area contributed by atoms with Gasteiger partial charge in [0.05, 0.1) is 25.2 Å². The maximum Gasteiger partial charge on any atom is 0.253 e. The summed E-state index contributed by atoms with van der Waals surface area (Å²) in [5.41, 5.74) is 8.49. The quantitative estimate of drug-likeness (QED) is 0.620. The molecule has 3 N–H and O–H groups in total. The van der Waals surface area contributed by atoms with E-state index < -0.39 is 0 Å². The number of nitrogens with one attached hydrogen (secondary N) is 1. The van der Waals surface area contributed by atoms with Crippen LogP contribution < -0.4 is 15.8 Å². The standard InChI is InChI=1S/C24H25N5O3/c1-32-20-8-4-16(5-9-20)21-14-27-22(15-26-21)28-19-6-2-18(3-7-19)24(31)29-12-10-17(11-13-29)23(25)30/h2-9,14-15,17H,10-13H2,1H3,(H2,25,30)(H,27,28). The first kappa shape index (κ1) is 21.3. The molecule has 0 radical (unpaired) electrons. The van der Waals surface area contributed by atoms with Gasteiger partial charge in [-0.2, -0.15) is 0 Å². The molecule has 2 aromatic carbocycles. The minimum absolute atomic E-state index is 0.0388. The molecule has 164 valence electrons. The maximum absolute atomic E-state index is 12.7. The van der Waals surface area contributed by atoms with E-state index in [1.54, 1.807) is 36.5 Å². The van der Waals surface area contributed by atoms with Gasteiger partial charge in [0.1, 0.15) is 11.6 Å². The van der Waals surface area contributed by atoms with Gasteiger partial charge in [0.15, 0.2) is 0 Å². The van der Waals surface area contributed by atoms with E-state index in [0.717, 1.165) is 22.7 Å². The van der Waals surface area contributed by atoms with Crippen LogP contribution in [0.1, 0.15) is 23.2 Å². The highest BCUT2D eigenvalue weighted by Crippen LogP contribution is 2.23. The van der Waals surface area contributed by atoms with Crippen molar-refractivity contribution in [3.8, 4) is 17.0 Å². The number of piperidine rings is 1. The van der Waals surface area contributed by atoms with E-state index in [9.17, 15) is 9.59 Å². The predicted octanol–water partition coefficient (Wildman–Crippen LogP) is 3.23. The average molecular weight is 431 g/mol. The average Bonchev–Trinajstić information content (AvgIpc) is 2.85. The lowest BCUT2D eigenvalue weighted by atomic mass is 9.96. The normalized spacial score (nSPS) is 14.1. The second-order valence-electron chi connectivity index (χ2n) is 7.69. The Hall–Kier alpha value is -3.94. The molecule has 8 nitrogen and oxygen atoms in total. The number of aromatic nitrogens is 2. The minimum atomic E-state index is -0.285. The largest absolute Gasteiger partial charge is 0.497 e. The van der Waals surface area contributed by atoms with Crippen molar-refractivity contribution < 1.29 is 14.3 Å². The number of ether oxygens (including phenoxy) is 1. The molecule has 8 heteroatoms. The van der Waals surface area contributed by atoms with Crippen molar-refractivity contribution in [2.45, 2.75) is 12.8 Å². The van der Waals surface area contributed by atoms with Gasteiger partial charge >= 0.3 is 0 Å². The van der Waals surface area contributed by atoms with Crippen molar-refractivity contribution in [3.63, 3.8) is 0 Å². The maximum atomic E-state index is 12.7. The first-order valence-corrected chi connectivity index (χ1v) is 10.5. The fourth-order valence-corrected chi connectivity index (χ4v) is 3.70. The van der Waals surface area contributed by atoms with Gasteiger partial charge in [-0.15, -0.1) is 0 Å². The number of amides is 2. The van der Waals surface area contributed by atoms with E-state index in [4.69, 9.17) is 10.5 Å². The summed E-state index contributed by atoms with van der Waals surface area (Å²) in [6.45, 7) is 1.09. The number of methoxy groups -OCH3 is 1. The van der Waals surface area contributed by atoms with Gasteiger partial charge in [0, 0.05) is 35.8 Å². The molecule has 2 heterocycles. The zero-order valence-electron chi connectivity index (χ0n) is 17.8. The lowest BCUT2D eigenvalue weighted by molar-refractivity contribution is -0.123. The number of nitrogens with two attached hydrogens (primary N) is 1. The van der Waals surface area contributed by atoms with Crippen molar-refractivity contribution in [3.05, 3.63) is 66.5 Å². The summed E-state index contributed by atoms with van der Waals surface area (Å²) in [4.78, 5) is 34.7. The van der Waals surface area contributed by atoms with Crippen LogP contribution in [-0.4, -0.2) is 46.9 Å². The number of anilines is 2. The number of rotatable bonds is 6. The highest BCUT2D eigenvalue weighted by atomic mass is 16.5. The van der Waals surface area contributed by atoms with Gasteiger partial charge in [-0.25, -0.2) is 4.98 Å². The number of hydrogen-bond donors (Lipinski definition) is 2. The third kappa shape index (κ3) is 4.85. The second-order valence-corrected chi connectivity index (χ2v) is 7.69. The first-order chi connectivity index (χ1) is 15.5. The minimum Gasteiger partial charge on any atom is -0.497 e. The lowest BCUT2D eigenvalue weighted by Crippen LogP contribution is -2.41. The Labute approximate surface area is 186 Å². The third-order valence-corrected chi connectivity index (χ3v) is 5.63. The molecule has 1 fully saturated rings. The Bertz CT molecular complexity index is 1070. The zero-order chi connectivity index (χ0) is 22.5. The molecule has 0 unspecified atom stereocenters. The van der Waals surface area contributed by atoms with Crippen LogP contribution in [-0.2, 0) is 4.79 Å². The van der Waals surface area contributed by atoms with Gasteiger partial charge in [0.2, 0.25) is 5.91 Å². The summed E-state index contributed by atoms with van der Waals surface area (Å²) in [7, 11) is 1.63. The Kier molecular flexibility index (Phi) is 6.30. The predicted molar refractivity (Wildman–Crippen MR) is 122 cm³/mol. The summed E-state index contributed by atoms with van der Waals surface area (Å²) in [6, 6.07) is 14.9. The molecule has 1 aliphatic heterocycles. The molecular formula is C24H25N5O3. The fourth-order valence-electron chi connectivity index (χ4n) is 3.70. The molecular weight excluding hydrogens is 406 g/mol. The Morgan fingerprint density at radius 2 is 1.69 bits per heavy atom. The lowest BCUT2D eigenvalue weighted by Gasteiger charge is -2.30. The van der Waals surface area contributed by atoms with Crippen LogP contribution in [0.15, 0.2) is 60.9 Å². The molecule has 1 aromatic heterocycles. The van der Waals surface area contributed by atoms with Crippen molar-refractivity contribution >= 4 is 23.3 Å². The summed E-state index contributed by atoms with van der Waals surface area (Å²) in [5, 5.41) is 3.19. The Morgan fingerprint density at radius 3 is 2.25 bits per heavy atom. The molecule has 32 heavy (non-hydrogen) atoms. The van der Waals surface area contributed by atoms with Gasteiger partial charge in [-0.05, 0) is 61.4 Å². The van der Waals surface area contributed by atoms with Crippen LogP contribution in [0.4, 0.5) is 11.5 Å². The number of carbonyl (C=O) groups is 2. The van der Waals surface area contributed by atoms with Gasteiger partial charge in [-0.1, -0.05) is 0 Å². The van der Waals surface area contributed by atoms with Gasteiger partial charge in [-0.3, -0.25) is 14.6 Å². The number of hydrogen-bond acceptors (Lipinski definition) is 6. The van der Waals surface area contributed by atoms with E-state index >= 15 is 0 Å². The summed E-state index contributed by atoms with van der Waals surface area (Å²) >= 11 is 0. The molecule has 0 aliphatic carbocycles. The van der Waals surface area contributed by atoms with Crippen LogP contribution in [0.5, 0.6) is 5.75 Å². The molecule has 3 aromatic rings. The molecule has 1 aliphatic rings. The molecule has 0 saturated carbocycles. The van der Waals surface area contributed by atoms with Gasteiger partial charge < -0.3 is 20.7 Å². The second kappa shape index (κ2) is 9.47. The highest BCUT2D eigenvalue weighted by Gasteiger charge is 2.26. The van der Waals surface area contributed by atoms with E-state index in [1.165, 1.54) is 0 Å². The number of likely N-dealkylation sites (tertiary alicyclic amines) is 1. The number of benzene rings is 2.